The molecule has 1 aliphatic rings. The Morgan fingerprint density at radius 3 is 2.59 bits per heavy atom. The Labute approximate surface area is 238 Å². The molecule has 1 aromatic carbocycles. The molecule has 1 aliphatic heterocycles. The summed E-state index contributed by atoms with van der Waals surface area (Å²) in [7, 11) is 19.5. The summed E-state index contributed by atoms with van der Waals surface area (Å²) in [6.45, 7) is 2.49. The highest BCUT2D eigenvalue weighted by Crippen LogP contribution is 2.28. The summed E-state index contributed by atoms with van der Waals surface area (Å²) in [4.78, 5) is 8.84. The van der Waals surface area contributed by atoms with Crippen molar-refractivity contribution in [2.45, 2.75) is 37.0 Å². The molecule has 4 rings (SSSR count). The molecule has 1 saturated heterocycles. The molecule has 3 heterocycles. The van der Waals surface area contributed by atoms with Gasteiger partial charge in [-0.15, -0.1) is 0 Å². The van der Waals surface area contributed by atoms with Gasteiger partial charge < -0.3 is 10.6 Å². The zero-order valence-corrected chi connectivity index (χ0v) is 22.8. The predicted molar refractivity (Wildman–Crippen MR) is 154 cm³/mol. The fourth-order valence-corrected chi connectivity index (χ4v) is 5.64. The maximum absolute atomic E-state index is 12.1. The maximum atomic E-state index is 12.1. The number of anilines is 1. The predicted octanol–water partition coefficient (Wildman–Crippen LogP) is 0.954. The van der Waals surface area contributed by atoms with Crippen LogP contribution in [0.5, 0.6) is 0 Å². The van der Waals surface area contributed by atoms with Crippen molar-refractivity contribution < 1.29 is 8.42 Å². The van der Waals surface area contributed by atoms with Crippen molar-refractivity contribution >= 4 is 59.0 Å². The molecule has 1 unspecified atom stereocenters. The van der Waals surface area contributed by atoms with E-state index in [4.69, 9.17) is 43.0 Å². The van der Waals surface area contributed by atoms with E-state index in [1.54, 1.807) is 42.2 Å². The Morgan fingerprint density at radius 2 is 1.97 bits per heavy atom. The molecular formula is C23H23B4ClN8O2S. The van der Waals surface area contributed by atoms with Gasteiger partial charge in [-0.1, -0.05) is 22.9 Å². The van der Waals surface area contributed by atoms with E-state index in [1.165, 1.54) is 10.5 Å². The van der Waals surface area contributed by atoms with Crippen LogP contribution in [0.2, 0.25) is 5.02 Å². The zero-order chi connectivity index (χ0) is 28.4. The SMILES string of the molecule is [B]C(NC([B])([B])[B])c1ccc(-n2cc(-c3nc(NC4CCN(S(=O)(=O)CC)CC4)ncc3C#N)cn2)c(Cl)c1. The van der Waals surface area contributed by atoms with Gasteiger partial charge in [0, 0.05) is 30.9 Å². The summed E-state index contributed by atoms with van der Waals surface area (Å²) in [6.07, 6.45) is 5.95. The summed E-state index contributed by atoms with van der Waals surface area (Å²) in [5, 5.41) is 18.7. The number of hydrogen-bond donors (Lipinski definition) is 2. The van der Waals surface area contributed by atoms with Crippen LogP contribution in [0.3, 0.4) is 0 Å². The van der Waals surface area contributed by atoms with Crippen molar-refractivity contribution in [3.63, 3.8) is 0 Å². The quantitative estimate of drug-likeness (QED) is 0.375. The van der Waals surface area contributed by atoms with Gasteiger partial charge in [-0.3, -0.25) is 0 Å². The maximum Gasteiger partial charge on any atom is 0.223 e. The van der Waals surface area contributed by atoms with E-state index in [9.17, 15) is 13.7 Å². The number of piperidine rings is 1. The Kier molecular flexibility index (Phi) is 8.81. The van der Waals surface area contributed by atoms with Crippen molar-refractivity contribution in [1.82, 2.24) is 29.4 Å². The first-order valence-corrected chi connectivity index (χ1v) is 14.1. The van der Waals surface area contributed by atoms with Crippen LogP contribution in [0.15, 0.2) is 36.8 Å². The van der Waals surface area contributed by atoms with Gasteiger partial charge >= 0.3 is 0 Å². The van der Waals surface area contributed by atoms with Crippen molar-refractivity contribution in [2.75, 3.05) is 24.2 Å². The molecule has 1 fully saturated rings. The lowest BCUT2D eigenvalue weighted by molar-refractivity contribution is 0.329. The minimum absolute atomic E-state index is 0.00188. The summed E-state index contributed by atoms with van der Waals surface area (Å²) in [5.74, 6) is -0.329. The number of halogens is 1. The molecule has 16 heteroatoms. The van der Waals surface area contributed by atoms with Crippen molar-refractivity contribution in [2.24, 2.45) is 0 Å². The minimum atomic E-state index is -3.21. The molecule has 8 radical (unpaired) electrons. The topological polar surface area (TPSA) is 129 Å². The molecule has 0 bridgehead atoms. The first kappa shape index (κ1) is 29.2. The number of sulfonamides is 1. The van der Waals surface area contributed by atoms with Crippen LogP contribution in [0.1, 0.15) is 36.8 Å². The Balaban J connectivity index is 1.52. The molecule has 0 aliphatic carbocycles. The first-order chi connectivity index (χ1) is 18.4. The molecule has 2 N–H and O–H groups in total. The highest BCUT2D eigenvalue weighted by molar-refractivity contribution is 7.89. The summed E-state index contributed by atoms with van der Waals surface area (Å²) < 4.78 is 27.3. The van der Waals surface area contributed by atoms with Crippen LogP contribution in [0.25, 0.3) is 16.9 Å². The van der Waals surface area contributed by atoms with Crippen LogP contribution >= 0.6 is 11.6 Å². The van der Waals surface area contributed by atoms with E-state index >= 15 is 0 Å². The fourth-order valence-electron chi connectivity index (χ4n) is 4.23. The lowest BCUT2D eigenvalue weighted by atomic mass is 9.49. The van der Waals surface area contributed by atoms with Gasteiger partial charge in [0.25, 0.3) is 0 Å². The number of nitrogens with zero attached hydrogens (tertiary/aromatic N) is 6. The van der Waals surface area contributed by atoms with E-state index in [1.807, 2.05) is 0 Å². The smallest absolute Gasteiger partial charge is 0.223 e. The van der Waals surface area contributed by atoms with E-state index in [0.717, 1.165) is 0 Å². The molecule has 39 heavy (non-hydrogen) atoms. The average Bonchev–Trinajstić information content (AvgIpc) is 3.38. The van der Waals surface area contributed by atoms with Crippen LogP contribution < -0.4 is 10.6 Å². The van der Waals surface area contributed by atoms with E-state index in [0.29, 0.717) is 59.4 Å². The third kappa shape index (κ3) is 7.06. The standard InChI is InChI=1S/C23H23B4ClN8O2S/c1-2-39(37,38)35-7-5-17(6-8-35)32-22-30-11-15(10-29)20(33-22)16-12-31-36(13-16)19-4-3-14(9-18(19)28)21(24)34-23(25,26)27/h3-4,9,11-13,17,21,34H,2,5-8H2,1H3,(H,30,32,33). The molecule has 0 spiro atoms. The van der Waals surface area contributed by atoms with Gasteiger partial charge in [-0.2, -0.15) is 10.4 Å². The van der Waals surface area contributed by atoms with E-state index in [2.05, 4.69) is 31.8 Å². The molecule has 2 aromatic heterocycles. The van der Waals surface area contributed by atoms with Crippen molar-refractivity contribution in [3.05, 3.63) is 52.9 Å². The fraction of sp³-hybridized carbons (Fsp3) is 0.391. The number of nitriles is 1. The van der Waals surface area contributed by atoms with E-state index in [-0.39, 0.29) is 17.4 Å². The molecular weight excluding hydrogens is 531 g/mol. The van der Waals surface area contributed by atoms with Gasteiger partial charge in [-0.05, 0) is 43.4 Å². The van der Waals surface area contributed by atoms with Crippen LogP contribution in [0, 0.1) is 11.3 Å². The monoisotopic (exact) mass is 554 g/mol. The molecule has 10 nitrogen and oxygen atoms in total. The average molecular weight is 554 g/mol. The van der Waals surface area contributed by atoms with Crippen LogP contribution in [0.4, 0.5) is 5.95 Å². The van der Waals surface area contributed by atoms with Gasteiger partial charge in [0.15, 0.2) is 0 Å². The molecule has 0 amide bonds. The molecule has 192 valence electrons. The minimum Gasteiger partial charge on any atom is -0.351 e. The lowest BCUT2D eigenvalue weighted by Crippen LogP contribution is -2.48. The third-order valence-electron chi connectivity index (χ3n) is 6.29. The summed E-state index contributed by atoms with van der Waals surface area (Å²) >= 11 is 6.51. The van der Waals surface area contributed by atoms with Crippen LogP contribution in [-0.2, 0) is 10.0 Å². The number of benzene rings is 1. The van der Waals surface area contributed by atoms with Gasteiger partial charge in [0.2, 0.25) is 16.0 Å². The lowest BCUT2D eigenvalue weighted by Gasteiger charge is -2.31. The van der Waals surface area contributed by atoms with Gasteiger partial charge in [0.1, 0.15) is 6.07 Å². The Bertz CT molecular complexity index is 1480. The van der Waals surface area contributed by atoms with E-state index < -0.39 is 21.2 Å². The van der Waals surface area contributed by atoms with Crippen LogP contribution in [-0.4, -0.2) is 94.0 Å². The summed E-state index contributed by atoms with van der Waals surface area (Å²) in [6, 6.07) is 7.21. The highest BCUT2D eigenvalue weighted by Gasteiger charge is 2.27. The Morgan fingerprint density at radius 1 is 1.26 bits per heavy atom. The first-order valence-electron chi connectivity index (χ1n) is 12.2. The highest BCUT2D eigenvalue weighted by atomic mass is 35.5. The van der Waals surface area contributed by atoms with Crippen molar-refractivity contribution in [1.29, 1.82) is 5.26 Å². The number of rotatable bonds is 9. The number of hydrogen-bond acceptors (Lipinski definition) is 8. The van der Waals surface area contributed by atoms with Gasteiger partial charge in [0.05, 0.1) is 71.5 Å². The third-order valence-corrected chi connectivity index (χ3v) is 8.48. The molecule has 3 aromatic rings. The van der Waals surface area contributed by atoms with Gasteiger partial charge in [-0.25, -0.2) is 27.4 Å². The normalized spacial score (nSPS) is 16.0. The number of nitrogens with one attached hydrogen (secondary N) is 2. The molecule has 0 saturated carbocycles. The zero-order valence-electron chi connectivity index (χ0n) is 21.2. The second-order valence-corrected chi connectivity index (χ2v) is 11.9. The second kappa shape index (κ2) is 11.8. The van der Waals surface area contributed by atoms with Crippen molar-refractivity contribution in [3.8, 4) is 23.0 Å². The largest absolute Gasteiger partial charge is 0.351 e. The summed E-state index contributed by atoms with van der Waals surface area (Å²) in [5.41, 5.74) is 2.43. The molecule has 1 atom stereocenters. The number of aromatic nitrogens is 4. The Hall–Kier alpha value is -2.78. The second-order valence-electron chi connectivity index (χ2n) is 9.23.